The second-order valence-electron chi connectivity index (χ2n) is 7.99. The molecule has 0 radical (unpaired) electrons. The molecule has 1 heterocycles. The van der Waals surface area contributed by atoms with Gasteiger partial charge in [-0.05, 0) is 66.9 Å². The van der Waals surface area contributed by atoms with E-state index < -0.39 is 12.1 Å². The predicted molar refractivity (Wildman–Crippen MR) is 134 cm³/mol. The van der Waals surface area contributed by atoms with Crippen LogP contribution < -0.4 is 20.9 Å². The van der Waals surface area contributed by atoms with Crippen LogP contribution in [0.4, 0.5) is 21.9 Å². The number of rotatable bonds is 6. The van der Waals surface area contributed by atoms with E-state index >= 15 is 0 Å². The quantitative estimate of drug-likeness (QED) is 0.447. The van der Waals surface area contributed by atoms with E-state index in [9.17, 15) is 14.4 Å². The molecular weight excluding hydrogens is 452 g/mol. The van der Waals surface area contributed by atoms with Crippen LogP contribution >= 0.6 is 11.6 Å². The Kier molecular flexibility index (Phi) is 7.44. The fourth-order valence-electron chi connectivity index (χ4n) is 3.80. The molecule has 4 rings (SSSR count). The Morgan fingerprint density at radius 1 is 0.824 bits per heavy atom. The molecule has 8 heteroatoms. The summed E-state index contributed by atoms with van der Waals surface area (Å²) in [5.74, 6) is -0.276. The zero-order chi connectivity index (χ0) is 23.9. The molecule has 1 aliphatic heterocycles. The van der Waals surface area contributed by atoms with Crippen LogP contribution in [0.15, 0.2) is 78.9 Å². The van der Waals surface area contributed by atoms with E-state index in [4.69, 9.17) is 11.6 Å². The van der Waals surface area contributed by atoms with Gasteiger partial charge in [-0.25, -0.2) is 4.79 Å². The fraction of sp³-hybridized carbons (Fsp3) is 0.192. The number of halogens is 1. The minimum absolute atomic E-state index is 0.114. The molecule has 0 aliphatic carbocycles. The van der Waals surface area contributed by atoms with Crippen molar-refractivity contribution in [3.8, 4) is 0 Å². The molecule has 1 saturated heterocycles. The number of benzene rings is 3. The first kappa shape index (κ1) is 23.3. The Hall–Kier alpha value is -3.84. The van der Waals surface area contributed by atoms with Crippen molar-refractivity contribution in [1.82, 2.24) is 5.32 Å². The zero-order valence-electron chi connectivity index (χ0n) is 18.5. The molecule has 3 aromatic rings. The van der Waals surface area contributed by atoms with Crippen LogP contribution in [0.3, 0.4) is 0 Å². The lowest BCUT2D eigenvalue weighted by atomic mass is 10.1. The van der Waals surface area contributed by atoms with Gasteiger partial charge in [0.1, 0.15) is 6.04 Å². The smallest absolute Gasteiger partial charge is 0.320 e. The van der Waals surface area contributed by atoms with Crippen LogP contribution in [-0.2, 0) is 9.59 Å². The number of hydrogen-bond donors (Lipinski definition) is 3. The lowest BCUT2D eigenvalue weighted by Crippen LogP contribution is -2.39. The van der Waals surface area contributed by atoms with E-state index in [1.807, 2.05) is 18.2 Å². The molecular formula is C26H25ClN4O3. The molecule has 34 heavy (non-hydrogen) atoms. The number of carbonyl (C=O) groups excluding carboxylic acids is 3. The third kappa shape index (κ3) is 5.94. The van der Waals surface area contributed by atoms with Crippen molar-refractivity contribution in [1.29, 1.82) is 0 Å². The molecule has 1 aliphatic rings. The number of urea groups is 1. The first-order chi connectivity index (χ1) is 16.5. The van der Waals surface area contributed by atoms with Crippen molar-refractivity contribution >= 4 is 46.5 Å². The summed E-state index contributed by atoms with van der Waals surface area (Å²) >= 11 is 5.89. The standard InChI is InChI=1S/C26H25ClN4O3/c27-19-9-11-21(12-10-19)29-26(34)30-24(18-6-2-1-3-7-18)25(33)28-20-13-15-22(16-14-20)31-17-5-4-8-23(31)32/h1-3,6-7,9-16,24H,4-5,8,17H2,(H,28,33)(H2,29,30,34). The summed E-state index contributed by atoms with van der Waals surface area (Å²) in [7, 11) is 0. The molecule has 0 aromatic heterocycles. The molecule has 0 spiro atoms. The van der Waals surface area contributed by atoms with Gasteiger partial charge in [-0.2, -0.15) is 0 Å². The average Bonchev–Trinajstić information content (AvgIpc) is 2.85. The minimum atomic E-state index is -0.920. The topological polar surface area (TPSA) is 90.5 Å². The van der Waals surface area contributed by atoms with E-state index in [0.29, 0.717) is 34.9 Å². The summed E-state index contributed by atoms with van der Waals surface area (Å²) in [5.41, 5.74) is 2.57. The third-order valence-electron chi connectivity index (χ3n) is 5.54. The van der Waals surface area contributed by atoms with Crippen LogP contribution in [0.25, 0.3) is 0 Å². The largest absolute Gasteiger partial charge is 0.324 e. The van der Waals surface area contributed by atoms with Gasteiger partial charge in [-0.1, -0.05) is 41.9 Å². The van der Waals surface area contributed by atoms with E-state index in [2.05, 4.69) is 16.0 Å². The maximum atomic E-state index is 13.1. The van der Waals surface area contributed by atoms with Gasteiger partial charge in [0.05, 0.1) is 0 Å². The number of amides is 4. The normalized spacial score (nSPS) is 14.3. The highest BCUT2D eigenvalue weighted by molar-refractivity contribution is 6.30. The van der Waals surface area contributed by atoms with Crippen LogP contribution in [0.1, 0.15) is 30.9 Å². The van der Waals surface area contributed by atoms with E-state index in [0.717, 1.165) is 18.5 Å². The molecule has 174 valence electrons. The Morgan fingerprint density at radius 3 is 2.15 bits per heavy atom. The van der Waals surface area contributed by atoms with Crippen molar-refractivity contribution in [3.05, 3.63) is 89.4 Å². The molecule has 3 N–H and O–H groups in total. The van der Waals surface area contributed by atoms with Gasteiger partial charge in [0.25, 0.3) is 5.91 Å². The summed E-state index contributed by atoms with van der Waals surface area (Å²) in [5, 5.41) is 8.86. The third-order valence-corrected chi connectivity index (χ3v) is 5.79. The van der Waals surface area contributed by atoms with Gasteiger partial charge in [-0.3, -0.25) is 9.59 Å². The molecule has 1 fully saturated rings. The molecule has 3 aromatic carbocycles. The Balaban J connectivity index is 1.45. The van der Waals surface area contributed by atoms with Crippen LogP contribution in [0, 0.1) is 0 Å². The van der Waals surface area contributed by atoms with Gasteiger partial charge in [0.2, 0.25) is 5.91 Å². The molecule has 7 nitrogen and oxygen atoms in total. The molecule has 4 amide bonds. The first-order valence-corrected chi connectivity index (χ1v) is 11.5. The Labute approximate surface area is 203 Å². The summed E-state index contributed by atoms with van der Waals surface area (Å²) in [4.78, 5) is 39.7. The average molecular weight is 477 g/mol. The number of carbonyl (C=O) groups is 3. The van der Waals surface area contributed by atoms with Crippen molar-refractivity contribution in [3.63, 3.8) is 0 Å². The van der Waals surface area contributed by atoms with Gasteiger partial charge in [0.15, 0.2) is 0 Å². The summed E-state index contributed by atoms with van der Waals surface area (Å²) in [6.07, 6.45) is 2.46. The molecule has 1 unspecified atom stereocenters. The number of nitrogens with one attached hydrogen (secondary N) is 3. The van der Waals surface area contributed by atoms with Gasteiger partial charge in [0, 0.05) is 35.1 Å². The van der Waals surface area contributed by atoms with Crippen molar-refractivity contribution < 1.29 is 14.4 Å². The summed E-state index contributed by atoms with van der Waals surface area (Å²) in [6.45, 7) is 0.702. The maximum Gasteiger partial charge on any atom is 0.320 e. The number of anilines is 3. The fourth-order valence-corrected chi connectivity index (χ4v) is 3.92. The number of nitrogens with zero attached hydrogens (tertiary/aromatic N) is 1. The monoisotopic (exact) mass is 476 g/mol. The summed E-state index contributed by atoms with van der Waals surface area (Å²) in [6, 6.07) is 21.4. The van der Waals surface area contributed by atoms with Crippen molar-refractivity contribution in [2.24, 2.45) is 0 Å². The highest BCUT2D eigenvalue weighted by atomic mass is 35.5. The SMILES string of the molecule is O=C(Nc1ccc(Cl)cc1)NC(C(=O)Nc1ccc(N2CCCCC2=O)cc1)c1ccccc1. The summed E-state index contributed by atoms with van der Waals surface area (Å²) < 4.78 is 0. The lowest BCUT2D eigenvalue weighted by Gasteiger charge is -2.27. The van der Waals surface area contributed by atoms with Crippen LogP contribution in [-0.4, -0.2) is 24.4 Å². The zero-order valence-corrected chi connectivity index (χ0v) is 19.2. The predicted octanol–water partition coefficient (Wildman–Crippen LogP) is 5.36. The second-order valence-corrected chi connectivity index (χ2v) is 8.42. The van der Waals surface area contributed by atoms with Crippen LogP contribution in [0.2, 0.25) is 5.02 Å². The van der Waals surface area contributed by atoms with Crippen molar-refractivity contribution in [2.45, 2.75) is 25.3 Å². The molecule has 0 bridgehead atoms. The van der Waals surface area contributed by atoms with Gasteiger partial charge >= 0.3 is 6.03 Å². The minimum Gasteiger partial charge on any atom is -0.324 e. The van der Waals surface area contributed by atoms with E-state index in [-0.39, 0.29) is 11.8 Å². The Morgan fingerprint density at radius 2 is 1.47 bits per heavy atom. The second kappa shape index (κ2) is 10.9. The molecule has 1 atom stereocenters. The molecule has 0 saturated carbocycles. The van der Waals surface area contributed by atoms with E-state index in [1.54, 1.807) is 65.6 Å². The number of piperidine rings is 1. The first-order valence-electron chi connectivity index (χ1n) is 11.1. The van der Waals surface area contributed by atoms with Crippen molar-refractivity contribution in [2.75, 3.05) is 22.1 Å². The highest BCUT2D eigenvalue weighted by Gasteiger charge is 2.24. The maximum absolute atomic E-state index is 13.1. The highest BCUT2D eigenvalue weighted by Crippen LogP contribution is 2.24. The van der Waals surface area contributed by atoms with Gasteiger partial charge in [-0.15, -0.1) is 0 Å². The lowest BCUT2D eigenvalue weighted by molar-refractivity contribution is -0.119. The van der Waals surface area contributed by atoms with Crippen LogP contribution in [0.5, 0.6) is 0 Å². The van der Waals surface area contributed by atoms with E-state index in [1.165, 1.54) is 0 Å². The van der Waals surface area contributed by atoms with Gasteiger partial charge < -0.3 is 20.9 Å². The Bertz CT molecular complexity index is 1150. The number of hydrogen-bond acceptors (Lipinski definition) is 3.